The van der Waals surface area contributed by atoms with Crippen molar-refractivity contribution in [2.45, 2.75) is 12.0 Å². The monoisotopic (exact) mass is 389 g/mol. The van der Waals surface area contributed by atoms with Crippen LogP contribution in [0.5, 0.6) is 0 Å². The van der Waals surface area contributed by atoms with E-state index in [2.05, 4.69) is 41.8 Å². The summed E-state index contributed by atoms with van der Waals surface area (Å²) in [5.41, 5.74) is 1.13. The highest BCUT2D eigenvalue weighted by Gasteiger charge is 2.55. The minimum Gasteiger partial charge on any atom is -0.378 e. The lowest BCUT2D eigenvalue weighted by Crippen LogP contribution is -2.77. The van der Waals surface area contributed by atoms with Crippen molar-refractivity contribution in [1.29, 1.82) is 0 Å². The molecule has 1 spiro atoms. The van der Waals surface area contributed by atoms with Gasteiger partial charge in [-0.3, -0.25) is 4.98 Å². The predicted molar refractivity (Wildman–Crippen MR) is 112 cm³/mol. The number of pyridine rings is 2. The lowest BCUT2D eigenvalue weighted by atomic mass is 9.77. The second kappa shape index (κ2) is 6.52. The summed E-state index contributed by atoms with van der Waals surface area (Å²) in [4.78, 5) is 25.6. The number of ether oxygens (including phenoxy) is 1. The number of hydrogen-bond acceptors (Lipinski definition) is 8. The molecule has 6 heterocycles. The molecule has 3 aromatic rings. The topological polar surface area (TPSA) is 70.5 Å². The van der Waals surface area contributed by atoms with Crippen LogP contribution in [0.3, 0.4) is 0 Å². The third-order valence-electron chi connectivity index (χ3n) is 6.34. The Hall–Kier alpha value is -3.00. The molecule has 3 aliphatic heterocycles. The first kappa shape index (κ1) is 16.9. The molecule has 3 aromatic heterocycles. The fraction of sp³-hybridized carbons (Fsp3) is 0.429. The van der Waals surface area contributed by atoms with Crippen LogP contribution >= 0.6 is 0 Å². The molecular weight excluding hydrogens is 366 g/mol. The Bertz CT molecular complexity index is 1030. The van der Waals surface area contributed by atoms with Crippen LogP contribution in [0.1, 0.15) is 6.42 Å². The largest absolute Gasteiger partial charge is 0.378 e. The van der Waals surface area contributed by atoms with E-state index < -0.39 is 0 Å². The normalized spacial score (nSPS) is 20.6. The summed E-state index contributed by atoms with van der Waals surface area (Å²) in [6, 6.07) is 8.08. The minimum atomic E-state index is 0.131. The summed E-state index contributed by atoms with van der Waals surface area (Å²) in [5, 5.41) is 1.11. The summed E-state index contributed by atoms with van der Waals surface area (Å²) in [5.74, 6) is 2.86. The van der Waals surface area contributed by atoms with Gasteiger partial charge in [0.25, 0.3) is 0 Å². The first-order valence-electron chi connectivity index (χ1n) is 10.2. The Morgan fingerprint density at radius 3 is 2.45 bits per heavy atom. The summed E-state index contributed by atoms with van der Waals surface area (Å²) in [7, 11) is 0. The molecule has 3 saturated heterocycles. The third kappa shape index (κ3) is 2.70. The SMILES string of the molecule is c1cnc(N2CCC23CN(c2nc(N4CCOCC4)cc4ncccc24)C3)nc1. The molecule has 6 rings (SSSR count). The highest BCUT2D eigenvalue weighted by Crippen LogP contribution is 2.44. The zero-order chi connectivity index (χ0) is 19.3. The van der Waals surface area contributed by atoms with Crippen molar-refractivity contribution in [3.63, 3.8) is 0 Å². The van der Waals surface area contributed by atoms with E-state index in [4.69, 9.17) is 9.72 Å². The number of anilines is 3. The maximum absolute atomic E-state index is 5.51. The molecule has 0 saturated carbocycles. The molecule has 3 aliphatic rings. The van der Waals surface area contributed by atoms with E-state index in [1.54, 1.807) is 0 Å². The lowest BCUT2D eigenvalue weighted by molar-refractivity contribution is 0.122. The van der Waals surface area contributed by atoms with Gasteiger partial charge in [-0.25, -0.2) is 15.0 Å². The summed E-state index contributed by atoms with van der Waals surface area (Å²) >= 11 is 0. The second-order valence-corrected chi connectivity index (χ2v) is 8.00. The number of morpholine rings is 1. The first-order chi connectivity index (χ1) is 14.3. The van der Waals surface area contributed by atoms with Crippen LogP contribution in [0, 0.1) is 0 Å². The van der Waals surface area contributed by atoms with Gasteiger partial charge in [0.15, 0.2) is 0 Å². The van der Waals surface area contributed by atoms with Crippen LogP contribution < -0.4 is 14.7 Å². The molecule has 3 fully saturated rings. The van der Waals surface area contributed by atoms with Crippen molar-refractivity contribution in [2.24, 2.45) is 0 Å². The molecule has 0 N–H and O–H groups in total. The van der Waals surface area contributed by atoms with E-state index in [0.29, 0.717) is 0 Å². The third-order valence-corrected chi connectivity index (χ3v) is 6.34. The van der Waals surface area contributed by atoms with Gasteiger partial charge in [0.1, 0.15) is 11.6 Å². The van der Waals surface area contributed by atoms with Gasteiger partial charge in [-0.15, -0.1) is 0 Å². The average Bonchev–Trinajstić information content (AvgIpc) is 2.73. The number of nitrogens with zero attached hydrogens (tertiary/aromatic N) is 7. The van der Waals surface area contributed by atoms with Crippen LogP contribution in [0.2, 0.25) is 0 Å². The summed E-state index contributed by atoms with van der Waals surface area (Å²) in [6.45, 7) is 6.12. The molecule has 0 bridgehead atoms. The van der Waals surface area contributed by atoms with Gasteiger partial charge in [-0.2, -0.15) is 0 Å². The predicted octanol–water partition coefficient (Wildman–Crippen LogP) is 1.73. The molecule has 0 atom stereocenters. The van der Waals surface area contributed by atoms with Crippen molar-refractivity contribution in [1.82, 2.24) is 19.9 Å². The van der Waals surface area contributed by atoms with Crippen molar-refractivity contribution in [3.05, 3.63) is 42.9 Å². The van der Waals surface area contributed by atoms with Gasteiger partial charge < -0.3 is 19.4 Å². The number of fused-ring (bicyclic) bond motifs is 1. The Labute approximate surface area is 169 Å². The zero-order valence-electron chi connectivity index (χ0n) is 16.2. The van der Waals surface area contributed by atoms with E-state index >= 15 is 0 Å². The molecule has 0 amide bonds. The van der Waals surface area contributed by atoms with E-state index in [-0.39, 0.29) is 5.54 Å². The maximum atomic E-state index is 5.51. The molecule has 8 heteroatoms. The molecule has 0 radical (unpaired) electrons. The van der Waals surface area contributed by atoms with Crippen molar-refractivity contribution >= 4 is 28.5 Å². The van der Waals surface area contributed by atoms with Crippen molar-refractivity contribution in [2.75, 3.05) is 60.6 Å². The minimum absolute atomic E-state index is 0.131. The Balaban J connectivity index is 1.31. The lowest BCUT2D eigenvalue weighted by Gasteiger charge is -2.62. The van der Waals surface area contributed by atoms with Crippen molar-refractivity contribution in [3.8, 4) is 0 Å². The van der Waals surface area contributed by atoms with Crippen LogP contribution in [-0.2, 0) is 4.74 Å². The molecule has 148 valence electrons. The van der Waals surface area contributed by atoms with Gasteiger partial charge in [0, 0.05) is 62.8 Å². The van der Waals surface area contributed by atoms with Gasteiger partial charge >= 0.3 is 0 Å². The molecule has 0 aliphatic carbocycles. The molecule has 29 heavy (non-hydrogen) atoms. The van der Waals surface area contributed by atoms with Crippen LogP contribution in [0.15, 0.2) is 42.9 Å². The van der Waals surface area contributed by atoms with Crippen LogP contribution in [-0.4, -0.2) is 71.4 Å². The van der Waals surface area contributed by atoms with Crippen LogP contribution in [0.4, 0.5) is 17.6 Å². The Kier molecular flexibility index (Phi) is 3.80. The van der Waals surface area contributed by atoms with E-state index in [0.717, 1.165) is 74.4 Å². The van der Waals surface area contributed by atoms with E-state index in [1.807, 2.05) is 30.7 Å². The fourth-order valence-corrected chi connectivity index (χ4v) is 4.67. The standard InChI is InChI=1S/C21H23N7O/c1-3-16-17(22-5-1)13-18(26-9-11-29-12-10-26)25-19(16)27-14-21(15-27)4-8-28(21)20-23-6-2-7-24-20/h1-3,5-7,13H,4,8-12,14-15H2. The van der Waals surface area contributed by atoms with E-state index in [1.165, 1.54) is 6.42 Å². The second-order valence-electron chi connectivity index (χ2n) is 8.00. The maximum Gasteiger partial charge on any atom is 0.225 e. The summed E-state index contributed by atoms with van der Waals surface area (Å²) in [6.07, 6.45) is 6.66. The number of rotatable bonds is 3. The quantitative estimate of drug-likeness (QED) is 0.671. The van der Waals surface area contributed by atoms with E-state index in [9.17, 15) is 0 Å². The highest BCUT2D eigenvalue weighted by atomic mass is 16.5. The van der Waals surface area contributed by atoms with Crippen LogP contribution in [0.25, 0.3) is 10.9 Å². The van der Waals surface area contributed by atoms with Gasteiger partial charge in [0.2, 0.25) is 5.95 Å². The Morgan fingerprint density at radius 2 is 1.69 bits per heavy atom. The van der Waals surface area contributed by atoms with Gasteiger partial charge in [-0.05, 0) is 24.6 Å². The first-order valence-corrected chi connectivity index (χ1v) is 10.2. The van der Waals surface area contributed by atoms with Crippen molar-refractivity contribution < 1.29 is 4.74 Å². The Morgan fingerprint density at radius 1 is 0.897 bits per heavy atom. The molecular formula is C21H23N7O. The fourth-order valence-electron chi connectivity index (χ4n) is 4.67. The molecule has 0 aromatic carbocycles. The highest BCUT2D eigenvalue weighted by molar-refractivity contribution is 5.92. The zero-order valence-corrected chi connectivity index (χ0v) is 16.2. The molecule has 0 unspecified atom stereocenters. The van der Waals surface area contributed by atoms with Gasteiger partial charge in [0.05, 0.1) is 24.3 Å². The summed E-state index contributed by atoms with van der Waals surface area (Å²) < 4.78 is 5.51. The van der Waals surface area contributed by atoms with Gasteiger partial charge in [-0.1, -0.05) is 0 Å². The number of aromatic nitrogens is 4. The smallest absolute Gasteiger partial charge is 0.225 e. The number of hydrogen-bond donors (Lipinski definition) is 0. The molecule has 8 nitrogen and oxygen atoms in total. The average molecular weight is 389 g/mol.